The van der Waals surface area contributed by atoms with Gasteiger partial charge in [0.25, 0.3) is 11.8 Å². The van der Waals surface area contributed by atoms with Gasteiger partial charge in [-0.3, -0.25) is 14.4 Å². The molecule has 0 spiro atoms. The lowest BCUT2D eigenvalue weighted by Crippen LogP contribution is -2.52. The molecule has 10 heteroatoms. The molecule has 1 fully saturated rings. The summed E-state index contributed by atoms with van der Waals surface area (Å²) < 4.78 is 26.5. The number of carbonyl (C=O) groups is 3. The van der Waals surface area contributed by atoms with Crippen LogP contribution in [0.25, 0.3) is 0 Å². The lowest BCUT2D eigenvalue weighted by Gasteiger charge is -2.22. The fourth-order valence-electron chi connectivity index (χ4n) is 3.08. The molecule has 1 unspecified atom stereocenters. The maximum atomic E-state index is 13.2. The molecule has 1 aromatic carbocycles. The Morgan fingerprint density at radius 2 is 1.93 bits per heavy atom. The highest BCUT2D eigenvalue weighted by Crippen LogP contribution is 2.31. The number of Topliss-reactive ketones (excluding diaryl/α,β-unsaturated/α-hetero) is 1. The standard InChI is InChI=1S/C19H18F2N4O4/c1-10(26)14-2-3-15(16(22)24-14)25-5-4-19(29,18(25)28)17(27)23-9-11-6-12(20)8-13(21)7-11/h2-3,6-8,29H,4-5,9H2,1H3,(H2,22,24)(H,23,27). The van der Waals surface area contributed by atoms with Gasteiger partial charge in [0.05, 0.1) is 5.69 Å². The van der Waals surface area contributed by atoms with E-state index in [4.69, 9.17) is 5.73 Å². The molecule has 3 rings (SSSR count). The Kier molecular flexibility index (Phi) is 5.29. The number of hydrogen-bond donors (Lipinski definition) is 3. The van der Waals surface area contributed by atoms with Crippen molar-refractivity contribution in [3.8, 4) is 0 Å². The van der Waals surface area contributed by atoms with Crippen molar-refractivity contribution in [2.45, 2.75) is 25.5 Å². The lowest BCUT2D eigenvalue weighted by molar-refractivity contribution is -0.149. The smallest absolute Gasteiger partial charge is 0.268 e. The number of ketones is 1. The van der Waals surface area contributed by atoms with Gasteiger partial charge in [0, 0.05) is 32.5 Å². The molecular formula is C19H18F2N4O4. The number of amides is 2. The van der Waals surface area contributed by atoms with Gasteiger partial charge in [-0.1, -0.05) is 0 Å². The molecule has 152 valence electrons. The number of hydrogen-bond acceptors (Lipinski definition) is 6. The third-order valence-corrected chi connectivity index (χ3v) is 4.60. The Hall–Kier alpha value is -3.40. The van der Waals surface area contributed by atoms with Gasteiger partial charge in [-0.05, 0) is 29.8 Å². The predicted octanol–water partition coefficient (Wildman–Crippen LogP) is 0.929. The number of nitrogens with two attached hydrogens (primary N) is 1. The van der Waals surface area contributed by atoms with Crippen molar-refractivity contribution in [2.24, 2.45) is 0 Å². The number of pyridine rings is 1. The second-order valence-electron chi connectivity index (χ2n) is 6.68. The molecule has 2 amide bonds. The van der Waals surface area contributed by atoms with E-state index in [0.29, 0.717) is 6.07 Å². The van der Waals surface area contributed by atoms with Crippen molar-refractivity contribution < 1.29 is 28.3 Å². The van der Waals surface area contributed by atoms with Crippen LogP contribution in [0.2, 0.25) is 0 Å². The third-order valence-electron chi connectivity index (χ3n) is 4.60. The highest BCUT2D eigenvalue weighted by Gasteiger charge is 2.52. The van der Waals surface area contributed by atoms with Crippen LogP contribution in [0.5, 0.6) is 0 Å². The van der Waals surface area contributed by atoms with Crippen LogP contribution >= 0.6 is 0 Å². The van der Waals surface area contributed by atoms with Crippen molar-refractivity contribution in [3.63, 3.8) is 0 Å². The van der Waals surface area contributed by atoms with E-state index in [1.165, 1.54) is 19.1 Å². The van der Waals surface area contributed by atoms with E-state index in [1.807, 2.05) is 0 Å². The number of aliphatic hydroxyl groups is 1. The van der Waals surface area contributed by atoms with Crippen LogP contribution in [0, 0.1) is 11.6 Å². The summed E-state index contributed by atoms with van der Waals surface area (Å²) in [7, 11) is 0. The van der Waals surface area contributed by atoms with Crippen molar-refractivity contribution >= 4 is 29.1 Å². The lowest BCUT2D eigenvalue weighted by atomic mass is 10.0. The van der Waals surface area contributed by atoms with Crippen LogP contribution in [-0.4, -0.2) is 39.8 Å². The zero-order chi connectivity index (χ0) is 21.3. The molecule has 0 radical (unpaired) electrons. The van der Waals surface area contributed by atoms with Gasteiger partial charge in [-0.25, -0.2) is 13.8 Å². The van der Waals surface area contributed by atoms with E-state index >= 15 is 0 Å². The van der Waals surface area contributed by atoms with Crippen LogP contribution in [0.3, 0.4) is 0 Å². The molecule has 0 aliphatic carbocycles. The molecule has 29 heavy (non-hydrogen) atoms. The second-order valence-corrected chi connectivity index (χ2v) is 6.68. The molecule has 1 aliphatic heterocycles. The molecule has 0 bridgehead atoms. The number of nitrogen functional groups attached to an aromatic ring is 1. The molecule has 2 heterocycles. The van der Waals surface area contributed by atoms with Crippen molar-refractivity contribution in [1.29, 1.82) is 0 Å². The van der Waals surface area contributed by atoms with E-state index in [0.717, 1.165) is 17.0 Å². The Bertz CT molecular complexity index is 993. The van der Waals surface area contributed by atoms with Crippen LogP contribution in [0.15, 0.2) is 30.3 Å². The zero-order valence-corrected chi connectivity index (χ0v) is 15.4. The summed E-state index contributed by atoms with van der Waals surface area (Å²) in [5.41, 5.74) is 3.87. The average molecular weight is 404 g/mol. The first-order chi connectivity index (χ1) is 13.6. The van der Waals surface area contributed by atoms with E-state index in [1.54, 1.807) is 0 Å². The maximum Gasteiger partial charge on any atom is 0.268 e. The summed E-state index contributed by atoms with van der Waals surface area (Å²) in [5.74, 6) is -3.93. The Balaban J connectivity index is 1.75. The third kappa shape index (κ3) is 3.92. The largest absolute Gasteiger partial charge is 0.382 e. The average Bonchev–Trinajstić information content (AvgIpc) is 2.95. The van der Waals surface area contributed by atoms with Gasteiger partial charge in [-0.2, -0.15) is 0 Å². The minimum Gasteiger partial charge on any atom is -0.382 e. The highest BCUT2D eigenvalue weighted by atomic mass is 19.1. The van der Waals surface area contributed by atoms with Gasteiger partial charge in [0.2, 0.25) is 5.60 Å². The van der Waals surface area contributed by atoms with E-state index < -0.39 is 29.0 Å². The van der Waals surface area contributed by atoms with Gasteiger partial charge < -0.3 is 21.1 Å². The first kappa shape index (κ1) is 20.3. The number of carbonyl (C=O) groups excluding carboxylic acids is 3. The fourth-order valence-corrected chi connectivity index (χ4v) is 3.08. The fraction of sp³-hybridized carbons (Fsp3) is 0.263. The summed E-state index contributed by atoms with van der Waals surface area (Å²) in [6, 6.07) is 5.54. The van der Waals surface area contributed by atoms with Gasteiger partial charge in [0.15, 0.2) is 5.78 Å². The SMILES string of the molecule is CC(=O)c1ccc(N2CCC(O)(C(=O)NCc3cc(F)cc(F)c3)C2=O)c(N)n1. The van der Waals surface area contributed by atoms with Gasteiger partial charge in [0.1, 0.15) is 23.1 Å². The quantitative estimate of drug-likeness (QED) is 0.503. The van der Waals surface area contributed by atoms with Gasteiger partial charge in [-0.15, -0.1) is 0 Å². The summed E-state index contributed by atoms with van der Waals surface area (Å²) in [5, 5.41) is 12.9. The molecule has 1 atom stereocenters. The highest BCUT2D eigenvalue weighted by molar-refractivity contribution is 6.17. The minimum absolute atomic E-state index is 0.0113. The van der Waals surface area contributed by atoms with Crippen molar-refractivity contribution in [3.05, 3.63) is 53.2 Å². The minimum atomic E-state index is -2.36. The first-order valence-corrected chi connectivity index (χ1v) is 8.67. The maximum absolute atomic E-state index is 13.2. The van der Waals surface area contributed by atoms with Gasteiger partial charge >= 0.3 is 0 Å². The summed E-state index contributed by atoms with van der Waals surface area (Å²) in [4.78, 5) is 41.5. The van der Waals surface area contributed by atoms with Crippen LogP contribution in [-0.2, 0) is 16.1 Å². The molecule has 8 nitrogen and oxygen atoms in total. The Labute approximate surface area is 164 Å². The molecule has 2 aromatic rings. The van der Waals surface area contributed by atoms with Crippen molar-refractivity contribution in [2.75, 3.05) is 17.2 Å². The number of halogens is 2. The summed E-state index contributed by atoms with van der Waals surface area (Å²) in [6.45, 7) is 1.03. The molecule has 0 saturated carbocycles. The number of nitrogens with zero attached hydrogens (tertiary/aromatic N) is 2. The Morgan fingerprint density at radius 1 is 1.28 bits per heavy atom. The van der Waals surface area contributed by atoms with Crippen LogP contribution < -0.4 is 16.0 Å². The monoisotopic (exact) mass is 404 g/mol. The molecule has 1 aromatic heterocycles. The zero-order valence-electron chi connectivity index (χ0n) is 15.4. The van der Waals surface area contributed by atoms with E-state index in [9.17, 15) is 28.3 Å². The number of anilines is 2. The van der Waals surface area contributed by atoms with E-state index in [2.05, 4.69) is 10.3 Å². The number of aromatic nitrogens is 1. The van der Waals surface area contributed by atoms with Crippen molar-refractivity contribution in [1.82, 2.24) is 10.3 Å². The Morgan fingerprint density at radius 3 is 2.52 bits per heavy atom. The first-order valence-electron chi connectivity index (χ1n) is 8.67. The topological polar surface area (TPSA) is 126 Å². The summed E-state index contributed by atoms with van der Waals surface area (Å²) in [6.07, 6.45) is -0.219. The predicted molar refractivity (Wildman–Crippen MR) is 98.8 cm³/mol. The van der Waals surface area contributed by atoms with E-state index in [-0.39, 0.29) is 48.1 Å². The van der Waals surface area contributed by atoms with Crippen LogP contribution in [0.1, 0.15) is 29.4 Å². The molecule has 1 saturated heterocycles. The molecule has 1 aliphatic rings. The number of rotatable bonds is 5. The number of benzene rings is 1. The molecule has 4 N–H and O–H groups in total. The summed E-state index contributed by atoms with van der Waals surface area (Å²) >= 11 is 0. The van der Waals surface area contributed by atoms with Crippen LogP contribution in [0.4, 0.5) is 20.3 Å². The molecular weight excluding hydrogens is 386 g/mol. The normalized spacial score (nSPS) is 18.8. The second kappa shape index (κ2) is 7.55. The number of nitrogens with one attached hydrogen (secondary N) is 1.